The highest BCUT2D eigenvalue weighted by Gasteiger charge is 2.33. The first-order valence-electron chi connectivity index (χ1n) is 5.81. The number of thiocarbonyl (C=S) groups is 1. The van der Waals surface area contributed by atoms with Crippen molar-refractivity contribution >= 4 is 27.2 Å². The molecule has 0 radical (unpaired) electrons. The van der Waals surface area contributed by atoms with Gasteiger partial charge in [0.05, 0.1) is 4.90 Å². The van der Waals surface area contributed by atoms with Crippen molar-refractivity contribution < 1.29 is 8.42 Å². The molecule has 0 saturated heterocycles. The molecule has 4 nitrogen and oxygen atoms in total. The number of nitrogens with two attached hydrogens (primary N) is 1. The van der Waals surface area contributed by atoms with Crippen LogP contribution in [-0.4, -0.2) is 30.8 Å². The van der Waals surface area contributed by atoms with Crippen LogP contribution in [0.2, 0.25) is 0 Å². The normalized spacial score (nSPS) is 16.6. The van der Waals surface area contributed by atoms with E-state index in [2.05, 4.69) is 0 Å². The van der Waals surface area contributed by atoms with Crippen LogP contribution in [0.4, 0.5) is 0 Å². The fraction of sp³-hybridized carbons (Fsp3) is 0.417. The van der Waals surface area contributed by atoms with Gasteiger partial charge in [0.15, 0.2) is 0 Å². The molecule has 0 heterocycles. The van der Waals surface area contributed by atoms with Crippen LogP contribution in [0.1, 0.15) is 24.8 Å². The standard InChI is InChI=1S/C12H16N2O2S2/c1-14(9-5-4-6-9)18(15,16)11-8-3-2-7-10(11)12(13)17/h2-3,7-9H,4-6H2,1H3,(H2,13,17). The molecule has 6 heteroatoms. The minimum absolute atomic E-state index is 0.106. The molecule has 0 aliphatic heterocycles. The number of sulfonamides is 1. The number of hydrogen-bond acceptors (Lipinski definition) is 3. The summed E-state index contributed by atoms with van der Waals surface area (Å²) >= 11 is 4.91. The van der Waals surface area contributed by atoms with E-state index in [1.807, 2.05) is 0 Å². The minimum atomic E-state index is -3.51. The first-order chi connectivity index (χ1) is 8.44. The van der Waals surface area contributed by atoms with Gasteiger partial charge in [-0.1, -0.05) is 36.8 Å². The Bertz CT molecular complexity index is 565. The predicted octanol–water partition coefficient (Wildman–Crippen LogP) is 1.49. The van der Waals surface area contributed by atoms with Crippen LogP contribution >= 0.6 is 12.2 Å². The van der Waals surface area contributed by atoms with E-state index >= 15 is 0 Å². The monoisotopic (exact) mass is 284 g/mol. The molecule has 2 N–H and O–H groups in total. The molecule has 0 atom stereocenters. The number of benzene rings is 1. The maximum absolute atomic E-state index is 12.5. The van der Waals surface area contributed by atoms with Crippen molar-refractivity contribution in [2.75, 3.05) is 7.05 Å². The van der Waals surface area contributed by atoms with Gasteiger partial charge in [-0.05, 0) is 18.9 Å². The highest BCUT2D eigenvalue weighted by molar-refractivity contribution is 7.89. The smallest absolute Gasteiger partial charge is 0.243 e. The highest BCUT2D eigenvalue weighted by atomic mass is 32.2. The van der Waals surface area contributed by atoms with Gasteiger partial charge in [0.25, 0.3) is 0 Å². The second-order valence-electron chi connectivity index (χ2n) is 4.47. The average molecular weight is 284 g/mol. The van der Waals surface area contributed by atoms with Crippen molar-refractivity contribution in [1.29, 1.82) is 0 Å². The third-order valence-corrected chi connectivity index (χ3v) is 5.59. The highest BCUT2D eigenvalue weighted by Crippen LogP contribution is 2.29. The van der Waals surface area contributed by atoms with Gasteiger partial charge in [-0.15, -0.1) is 0 Å². The maximum Gasteiger partial charge on any atom is 0.243 e. The van der Waals surface area contributed by atoms with Crippen molar-refractivity contribution in [3.63, 3.8) is 0 Å². The van der Waals surface area contributed by atoms with E-state index < -0.39 is 10.0 Å². The van der Waals surface area contributed by atoms with Gasteiger partial charge in [0, 0.05) is 18.7 Å². The Kier molecular flexibility index (Phi) is 3.70. The van der Waals surface area contributed by atoms with Crippen molar-refractivity contribution in [3.8, 4) is 0 Å². The van der Waals surface area contributed by atoms with E-state index in [-0.39, 0.29) is 15.9 Å². The lowest BCUT2D eigenvalue weighted by Crippen LogP contribution is -2.41. The Hall–Kier alpha value is -0.980. The molecule has 98 valence electrons. The molecule has 2 rings (SSSR count). The SMILES string of the molecule is CN(C1CCC1)S(=O)(=O)c1ccccc1C(N)=S. The molecule has 0 bridgehead atoms. The molecule has 1 aromatic carbocycles. The van der Waals surface area contributed by atoms with Gasteiger partial charge in [-0.25, -0.2) is 8.42 Å². The van der Waals surface area contributed by atoms with E-state index in [0.717, 1.165) is 19.3 Å². The zero-order valence-electron chi connectivity index (χ0n) is 10.2. The number of nitrogens with zero attached hydrogens (tertiary/aromatic N) is 1. The molecule has 0 aromatic heterocycles. The molecule has 0 unspecified atom stereocenters. The molecule has 1 aliphatic carbocycles. The fourth-order valence-corrected chi connectivity index (χ4v) is 3.86. The zero-order chi connectivity index (χ0) is 13.3. The predicted molar refractivity (Wildman–Crippen MR) is 74.9 cm³/mol. The average Bonchev–Trinajstić information content (AvgIpc) is 2.26. The van der Waals surface area contributed by atoms with Gasteiger partial charge in [-0.2, -0.15) is 4.31 Å². The van der Waals surface area contributed by atoms with Gasteiger partial charge in [-0.3, -0.25) is 0 Å². The Labute approximate surface area is 113 Å². The van der Waals surface area contributed by atoms with Crippen molar-refractivity contribution in [2.45, 2.75) is 30.2 Å². The molecule has 1 fully saturated rings. The second kappa shape index (κ2) is 4.95. The summed E-state index contributed by atoms with van der Waals surface area (Å²) in [6.45, 7) is 0. The van der Waals surface area contributed by atoms with Crippen LogP contribution in [0.5, 0.6) is 0 Å². The fourth-order valence-electron chi connectivity index (χ4n) is 2.00. The molecule has 0 amide bonds. The van der Waals surface area contributed by atoms with E-state index in [1.165, 1.54) is 4.31 Å². The second-order valence-corrected chi connectivity index (χ2v) is 6.87. The lowest BCUT2D eigenvalue weighted by Gasteiger charge is -2.34. The van der Waals surface area contributed by atoms with Crippen LogP contribution in [0.3, 0.4) is 0 Å². The molecular weight excluding hydrogens is 268 g/mol. The summed E-state index contributed by atoms with van der Waals surface area (Å²) in [5.41, 5.74) is 6.00. The van der Waals surface area contributed by atoms with Crippen LogP contribution in [0.25, 0.3) is 0 Å². The number of rotatable bonds is 4. The quantitative estimate of drug-likeness (QED) is 0.851. The summed E-state index contributed by atoms with van der Waals surface area (Å²) in [6, 6.07) is 6.72. The van der Waals surface area contributed by atoms with Gasteiger partial charge >= 0.3 is 0 Å². The Balaban J connectivity index is 2.43. The first kappa shape index (κ1) is 13.5. The maximum atomic E-state index is 12.5. The summed E-state index contributed by atoms with van der Waals surface area (Å²) in [4.78, 5) is 0.308. The van der Waals surface area contributed by atoms with Crippen molar-refractivity contribution in [2.24, 2.45) is 5.73 Å². The molecular formula is C12H16N2O2S2. The van der Waals surface area contributed by atoms with Crippen molar-refractivity contribution in [1.82, 2.24) is 4.31 Å². The molecule has 0 spiro atoms. The third-order valence-electron chi connectivity index (χ3n) is 3.40. The van der Waals surface area contributed by atoms with Crippen LogP contribution in [0, 0.1) is 0 Å². The first-order valence-corrected chi connectivity index (χ1v) is 7.66. The lowest BCUT2D eigenvalue weighted by atomic mass is 9.94. The van der Waals surface area contributed by atoms with Crippen LogP contribution in [-0.2, 0) is 10.0 Å². The van der Waals surface area contributed by atoms with Crippen molar-refractivity contribution in [3.05, 3.63) is 29.8 Å². The zero-order valence-corrected chi connectivity index (χ0v) is 11.8. The summed E-state index contributed by atoms with van der Waals surface area (Å²) in [5, 5.41) is 0. The Morgan fingerprint density at radius 2 is 2.00 bits per heavy atom. The minimum Gasteiger partial charge on any atom is -0.389 e. The van der Waals surface area contributed by atoms with E-state index in [0.29, 0.717) is 5.56 Å². The molecule has 1 aliphatic rings. The summed E-state index contributed by atoms with van der Waals surface area (Å²) < 4.78 is 26.4. The Morgan fingerprint density at radius 3 is 2.50 bits per heavy atom. The summed E-state index contributed by atoms with van der Waals surface area (Å²) in [5.74, 6) is 0. The third kappa shape index (κ3) is 2.28. The van der Waals surface area contributed by atoms with E-state index in [4.69, 9.17) is 18.0 Å². The van der Waals surface area contributed by atoms with Gasteiger partial charge in [0.2, 0.25) is 10.0 Å². The Morgan fingerprint density at radius 1 is 1.39 bits per heavy atom. The van der Waals surface area contributed by atoms with Gasteiger partial charge < -0.3 is 5.73 Å². The largest absolute Gasteiger partial charge is 0.389 e. The molecule has 1 aromatic rings. The molecule has 18 heavy (non-hydrogen) atoms. The molecule has 1 saturated carbocycles. The lowest BCUT2D eigenvalue weighted by molar-refractivity contribution is 0.249. The van der Waals surface area contributed by atoms with Crippen LogP contribution < -0.4 is 5.73 Å². The number of hydrogen-bond donors (Lipinski definition) is 1. The van der Waals surface area contributed by atoms with E-state index in [9.17, 15) is 8.42 Å². The van der Waals surface area contributed by atoms with E-state index in [1.54, 1.807) is 31.3 Å². The topological polar surface area (TPSA) is 63.4 Å². The van der Waals surface area contributed by atoms with Gasteiger partial charge in [0.1, 0.15) is 4.99 Å². The summed E-state index contributed by atoms with van der Waals surface area (Å²) in [6.07, 6.45) is 2.93. The summed E-state index contributed by atoms with van der Waals surface area (Å²) in [7, 11) is -1.89. The van der Waals surface area contributed by atoms with Crippen LogP contribution in [0.15, 0.2) is 29.2 Å².